The van der Waals surface area contributed by atoms with Gasteiger partial charge in [-0.2, -0.15) is 0 Å². The number of ether oxygens (including phenoxy) is 3. The molecule has 4 amide bonds. The fourth-order valence-electron chi connectivity index (χ4n) is 3.70. The Morgan fingerprint density at radius 2 is 1.39 bits per heavy atom. The van der Waals surface area contributed by atoms with Crippen LogP contribution in [0.15, 0.2) is 29.8 Å². The standard InChI is InChI=1S/C23H24N2O6/c1-12-7-13(2)20(14(3)8-12)25-22(27)17(21(26)24-23(25)28)11-16-18(30-5)9-15(29-4)10-19(16)31-6/h7-11H,1-6H3,(H,24,26,28). The monoisotopic (exact) mass is 424 g/mol. The average molecular weight is 424 g/mol. The van der Waals surface area contributed by atoms with Crippen molar-refractivity contribution in [3.8, 4) is 17.2 Å². The largest absolute Gasteiger partial charge is 0.496 e. The molecule has 0 aliphatic carbocycles. The Kier molecular flexibility index (Phi) is 6.01. The van der Waals surface area contributed by atoms with Crippen molar-refractivity contribution in [1.82, 2.24) is 5.32 Å². The number of nitrogens with one attached hydrogen (secondary N) is 1. The van der Waals surface area contributed by atoms with Gasteiger partial charge in [0.25, 0.3) is 11.8 Å². The van der Waals surface area contributed by atoms with E-state index in [1.807, 2.05) is 32.9 Å². The van der Waals surface area contributed by atoms with Crippen LogP contribution in [-0.4, -0.2) is 39.2 Å². The molecule has 162 valence electrons. The molecule has 0 spiro atoms. The highest BCUT2D eigenvalue weighted by Gasteiger charge is 2.38. The number of anilines is 1. The zero-order valence-corrected chi connectivity index (χ0v) is 18.3. The van der Waals surface area contributed by atoms with Crippen LogP contribution in [0.4, 0.5) is 10.5 Å². The van der Waals surface area contributed by atoms with Gasteiger partial charge in [-0.25, -0.2) is 9.69 Å². The summed E-state index contributed by atoms with van der Waals surface area (Å²) in [5.41, 5.74) is 3.09. The van der Waals surface area contributed by atoms with Crippen molar-refractivity contribution in [1.29, 1.82) is 0 Å². The molecule has 8 nitrogen and oxygen atoms in total. The number of hydrogen-bond donors (Lipinski definition) is 1. The molecule has 2 aromatic carbocycles. The van der Waals surface area contributed by atoms with Crippen LogP contribution in [0, 0.1) is 20.8 Å². The molecular weight excluding hydrogens is 400 g/mol. The van der Waals surface area contributed by atoms with Gasteiger partial charge in [0.15, 0.2) is 0 Å². The van der Waals surface area contributed by atoms with Crippen LogP contribution in [0.2, 0.25) is 0 Å². The van der Waals surface area contributed by atoms with Crippen LogP contribution in [0.5, 0.6) is 17.2 Å². The van der Waals surface area contributed by atoms with E-state index in [2.05, 4.69) is 5.32 Å². The first-order chi connectivity index (χ1) is 14.7. The first-order valence-electron chi connectivity index (χ1n) is 9.51. The summed E-state index contributed by atoms with van der Waals surface area (Å²) in [7, 11) is 4.40. The smallest absolute Gasteiger partial charge is 0.335 e. The second-order valence-electron chi connectivity index (χ2n) is 7.15. The number of carbonyl (C=O) groups excluding carboxylic acids is 3. The fourth-order valence-corrected chi connectivity index (χ4v) is 3.70. The highest BCUT2D eigenvalue weighted by Crippen LogP contribution is 2.37. The van der Waals surface area contributed by atoms with Crippen LogP contribution in [0.25, 0.3) is 6.08 Å². The molecule has 1 saturated heterocycles. The third kappa shape index (κ3) is 3.96. The van der Waals surface area contributed by atoms with Gasteiger partial charge in [0.2, 0.25) is 0 Å². The molecule has 0 aromatic heterocycles. The number of urea groups is 1. The predicted molar refractivity (Wildman–Crippen MR) is 116 cm³/mol. The molecule has 31 heavy (non-hydrogen) atoms. The molecule has 1 fully saturated rings. The van der Waals surface area contributed by atoms with Crippen LogP contribution < -0.4 is 24.4 Å². The molecule has 0 saturated carbocycles. The number of imide groups is 2. The van der Waals surface area contributed by atoms with E-state index in [4.69, 9.17) is 14.2 Å². The summed E-state index contributed by atoms with van der Waals surface area (Å²) in [4.78, 5) is 39.5. The molecule has 3 rings (SSSR count). The molecule has 1 N–H and O–H groups in total. The van der Waals surface area contributed by atoms with Crippen molar-refractivity contribution in [3.05, 3.63) is 52.1 Å². The van der Waals surface area contributed by atoms with Crippen molar-refractivity contribution in [3.63, 3.8) is 0 Å². The number of methoxy groups -OCH3 is 3. The minimum atomic E-state index is -0.798. The minimum absolute atomic E-state index is 0.222. The first-order valence-corrected chi connectivity index (χ1v) is 9.51. The first kappa shape index (κ1) is 21.9. The van der Waals surface area contributed by atoms with Crippen LogP contribution >= 0.6 is 0 Å². The van der Waals surface area contributed by atoms with Gasteiger partial charge in [0.05, 0.1) is 32.6 Å². The summed E-state index contributed by atoms with van der Waals surface area (Å²) < 4.78 is 16.0. The predicted octanol–water partition coefficient (Wildman–Crippen LogP) is 3.30. The van der Waals surface area contributed by atoms with E-state index in [0.717, 1.165) is 21.6 Å². The molecular formula is C23H24N2O6. The number of hydrogen-bond acceptors (Lipinski definition) is 6. The van der Waals surface area contributed by atoms with Crippen molar-refractivity contribution in [2.45, 2.75) is 20.8 Å². The topological polar surface area (TPSA) is 94.2 Å². The van der Waals surface area contributed by atoms with Gasteiger partial charge in [-0.3, -0.25) is 14.9 Å². The third-order valence-electron chi connectivity index (χ3n) is 5.00. The summed E-state index contributed by atoms with van der Waals surface area (Å²) >= 11 is 0. The Morgan fingerprint density at radius 3 is 1.87 bits per heavy atom. The molecule has 2 aromatic rings. The summed E-state index contributed by atoms with van der Waals surface area (Å²) in [5, 5.41) is 2.25. The van der Waals surface area contributed by atoms with Crippen LogP contribution in [-0.2, 0) is 9.59 Å². The Labute approximate surface area is 180 Å². The van der Waals surface area contributed by atoms with Crippen molar-refractivity contribution in [2.24, 2.45) is 0 Å². The summed E-state index contributed by atoms with van der Waals surface area (Å²) in [6, 6.07) is 6.17. The second kappa shape index (κ2) is 8.51. The number of amides is 4. The van der Waals surface area contributed by atoms with Gasteiger partial charge < -0.3 is 14.2 Å². The Balaban J connectivity index is 2.17. The molecule has 8 heteroatoms. The molecule has 0 radical (unpaired) electrons. The highest BCUT2D eigenvalue weighted by molar-refractivity contribution is 6.39. The maximum atomic E-state index is 13.3. The molecule has 0 unspecified atom stereocenters. The van der Waals surface area contributed by atoms with Crippen molar-refractivity contribution in [2.75, 3.05) is 26.2 Å². The average Bonchev–Trinajstić information content (AvgIpc) is 2.72. The lowest BCUT2D eigenvalue weighted by Gasteiger charge is -2.29. The van der Waals surface area contributed by atoms with Gasteiger partial charge in [0.1, 0.15) is 22.8 Å². The molecule has 0 bridgehead atoms. The van der Waals surface area contributed by atoms with E-state index in [0.29, 0.717) is 28.5 Å². The van der Waals surface area contributed by atoms with E-state index in [1.54, 1.807) is 12.1 Å². The quantitative estimate of drug-likeness (QED) is 0.585. The maximum absolute atomic E-state index is 13.3. The minimum Gasteiger partial charge on any atom is -0.496 e. The zero-order chi connectivity index (χ0) is 22.9. The summed E-state index contributed by atoms with van der Waals surface area (Å²) in [5.74, 6) is -0.360. The SMILES string of the molecule is COc1cc(OC)c(C=C2C(=O)NC(=O)N(c3c(C)cc(C)cc3C)C2=O)c(OC)c1. The van der Waals surface area contributed by atoms with Gasteiger partial charge in [0, 0.05) is 12.1 Å². The summed E-state index contributed by atoms with van der Waals surface area (Å²) in [6.07, 6.45) is 1.35. The lowest BCUT2D eigenvalue weighted by atomic mass is 10.0. The van der Waals surface area contributed by atoms with Gasteiger partial charge in [-0.05, 0) is 38.0 Å². The zero-order valence-electron chi connectivity index (χ0n) is 18.3. The van der Waals surface area contributed by atoms with Crippen molar-refractivity contribution < 1.29 is 28.6 Å². The number of barbiturate groups is 1. The fraction of sp³-hybridized carbons (Fsp3) is 0.261. The third-order valence-corrected chi connectivity index (χ3v) is 5.00. The lowest BCUT2D eigenvalue weighted by molar-refractivity contribution is -0.122. The molecule has 1 heterocycles. The van der Waals surface area contributed by atoms with Crippen molar-refractivity contribution >= 4 is 29.6 Å². The highest BCUT2D eigenvalue weighted by atomic mass is 16.5. The Bertz CT molecular complexity index is 1070. The van der Waals surface area contributed by atoms with E-state index >= 15 is 0 Å². The second-order valence-corrected chi connectivity index (χ2v) is 7.15. The van der Waals surface area contributed by atoms with Crippen LogP contribution in [0.1, 0.15) is 22.3 Å². The van der Waals surface area contributed by atoms with Gasteiger partial charge >= 0.3 is 6.03 Å². The molecule has 1 aliphatic rings. The lowest BCUT2D eigenvalue weighted by Crippen LogP contribution is -2.54. The number of rotatable bonds is 5. The normalized spacial score (nSPS) is 15.2. The number of benzene rings is 2. The van der Waals surface area contributed by atoms with E-state index in [1.165, 1.54) is 27.4 Å². The molecule has 0 atom stereocenters. The van der Waals surface area contributed by atoms with E-state index in [-0.39, 0.29) is 5.57 Å². The Morgan fingerprint density at radius 1 is 0.839 bits per heavy atom. The van der Waals surface area contributed by atoms with E-state index in [9.17, 15) is 14.4 Å². The maximum Gasteiger partial charge on any atom is 0.335 e. The van der Waals surface area contributed by atoms with Gasteiger partial charge in [-0.15, -0.1) is 0 Å². The number of aryl methyl sites for hydroxylation is 3. The number of carbonyl (C=O) groups is 3. The Hall–Kier alpha value is -3.81. The number of nitrogens with zero attached hydrogens (tertiary/aromatic N) is 1. The van der Waals surface area contributed by atoms with E-state index < -0.39 is 17.8 Å². The van der Waals surface area contributed by atoms with Gasteiger partial charge in [-0.1, -0.05) is 17.7 Å². The molecule has 1 aliphatic heterocycles. The van der Waals surface area contributed by atoms with Crippen LogP contribution in [0.3, 0.4) is 0 Å². The summed E-state index contributed by atoms with van der Waals surface area (Å²) in [6.45, 7) is 5.55.